The van der Waals surface area contributed by atoms with Crippen molar-refractivity contribution in [2.24, 2.45) is 0 Å². The number of rotatable bonds is 4. The minimum atomic E-state index is -0.157. The number of nitrogens with one attached hydrogen (secondary N) is 1. The number of hydrogen-bond acceptors (Lipinski definition) is 5. The molecule has 6 nitrogen and oxygen atoms in total. The monoisotopic (exact) mass is 306 g/mol. The van der Waals surface area contributed by atoms with E-state index in [1.807, 2.05) is 31.2 Å². The molecule has 1 N–H and O–H groups in total. The first-order valence-electron chi connectivity index (χ1n) is 7.72. The van der Waals surface area contributed by atoms with Gasteiger partial charge in [-0.3, -0.25) is 9.69 Å². The third-order valence-electron chi connectivity index (χ3n) is 4.04. The zero-order chi connectivity index (χ0) is 15.4. The van der Waals surface area contributed by atoms with Gasteiger partial charge in [-0.2, -0.15) is 0 Å². The molecule has 0 bridgehead atoms. The van der Waals surface area contributed by atoms with Crippen LogP contribution < -0.4 is 14.8 Å². The van der Waals surface area contributed by atoms with Crippen molar-refractivity contribution in [2.75, 3.05) is 39.5 Å². The quantitative estimate of drug-likeness (QED) is 0.886. The summed E-state index contributed by atoms with van der Waals surface area (Å²) in [6.07, 6.45) is -0.157. The van der Waals surface area contributed by atoms with E-state index in [4.69, 9.17) is 14.2 Å². The molecule has 2 aliphatic rings. The third-order valence-corrected chi connectivity index (χ3v) is 4.04. The van der Waals surface area contributed by atoms with Gasteiger partial charge in [-0.25, -0.2) is 0 Å². The number of para-hydroxylation sites is 2. The van der Waals surface area contributed by atoms with Crippen molar-refractivity contribution >= 4 is 5.91 Å². The van der Waals surface area contributed by atoms with Crippen LogP contribution in [0.25, 0.3) is 0 Å². The Morgan fingerprint density at radius 3 is 2.82 bits per heavy atom. The fourth-order valence-corrected chi connectivity index (χ4v) is 2.66. The third kappa shape index (κ3) is 3.51. The van der Waals surface area contributed by atoms with Crippen molar-refractivity contribution in [3.8, 4) is 11.5 Å². The largest absolute Gasteiger partial charge is 0.486 e. The summed E-state index contributed by atoms with van der Waals surface area (Å²) in [5.41, 5.74) is 0. The highest BCUT2D eigenvalue weighted by atomic mass is 16.6. The number of nitrogens with zero attached hydrogens (tertiary/aromatic N) is 1. The molecule has 1 fully saturated rings. The second kappa shape index (κ2) is 6.98. The Morgan fingerprint density at radius 1 is 1.32 bits per heavy atom. The predicted molar refractivity (Wildman–Crippen MR) is 81.2 cm³/mol. The molecule has 120 valence electrons. The summed E-state index contributed by atoms with van der Waals surface area (Å²) in [7, 11) is 0. The van der Waals surface area contributed by atoms with E-state index < -0.39 is 0 Å². The Labute approximate surface area is 130 Å². The second-order valence-corrected chi connectivity index (χ2v) is 5.57. The number of ether oxygens (including phenoxy) is 3. The van der Waals surface area contributed by atoms with Gasteiger partial charge >= 0.3 is 0 Å². The lowest BCUT2D eigenvalue weighted by atomic mass is 10.2. The molecule has 0 radical (unpaired) electrons. The molecular weight excluding hydrogens is 284 g/mol. The van der Waals surface area contributed by atoms with E-state index in [1.165, 1.54) is 0 Å². The fourth-order valence-electron chi connectivity index (χ4n) is 2.66. The molecule has 2 atom stereocenters. The molecule has 0 saturated carbocycles. The minimum absolute atomic E-state index is 0.0179. The van der Waals surface area contributed by atoms with E-state index >= 15 is 0 Å². The van der Waals surface area contributed by atoms with Crippen LogP contribution in [0.4, 0.5) is 0 Å². The Balaban J connectivity index is 1.47. The summed E-state index contributed by atoms with van der Waals surface area (Å²) in [5, 5.41) is 2.95. The molecule has 1 saturated heterocycles. The Hall–Kier alpha value is -1.79. The number of hydrogen-bond donors (Lipinski definition) is 1. The smallest absolute Gasteiger partial charge is 0.237 e. The number of carbonyl (C=O) groups is 1. The SMILES string of the molecule is C[C@@H](C(=O)NC[C@H]1COc2ccccc2O1)N1CCOCC1. The molecule has 0 unspecified atom stereocenters. The van der Waals surface area contributed by atoms with Crippen LogP contribution in [0.5, 0.6) is 11.5 Å². The van der Waals surface area contributed by atoms with Gasteiger partial charge in [0.25, 0.3) is 0 Å². The van der Waals surface area contributed by atoms with Gasteiger partial charge in [-0.15, -0.1) is 0 Å². The standard InChI is InChI=1S/C16H22N2O4/c1-12(18-6-8-20-9-7-18)16(19)17-10-13-11-21-14-4-2-3-5-15(14)22-13/h2-5,12-13H,6-11H2,1H3,(H,17,19)/t12-,13-/m0/s1. The highest BCUT2D eigenvalue weighted by Gasteiger charge is 2.25. The van der Waals surface area contributed by atoms with Gasteiger partial charge in [0, 0.05) is 13.1 Å². The van der Waals surface area contributed by atoms with Crippen LogP contribution in [0.3, 0.4) is 0 Å². The minimum Gasteiger partial charge on any atom is -0.486 e. The molecule has 3 rings (SSSR count). The topological polar surface area (TPSA) is 60.0 Å². The van der Waals surface area contributed by atoms with Gasteiger partial charge in [0.15, 0.2) is 11.5 Å². The van der Waals surface area contributed by atoms with Gasteiger partial charge in [-0.05, 0) is 19.1 Å². The predicted octanol–water partition coefficient (Wildman–Crippen LogP) is 0.663. The number of carbonyl (C=O) groups excluding carboxylic acids is 1. The normalized spacial score (nSPS) is 22.9. The molecule has 2 aliphatic heterocycles. The molecule has 1 aromatic carbocycles. The first kappa shape index (κ1) is 15.1. The first-order chi connectivity index (χ1) is 10.7. The van der Waals surface area contributed by atoms with E-state index in [2.05, 4.69) is 10.2 Å². The molecule has 6 heteroatoms. The summed E-state index contributed by atoms with van der Waals surface area (Å²) in [6, 6.07) is 7.42. The van der Waals surface area contributed by atoms with Crippen molar-refractivity contribution in [1.29, 1.82) is 0 Å². The van der Waals surface area contributed by atoms with Crippen LogP contribution in [-0.4, -0.2) is 62.4 Å². The van der Waals surface area contributed by atoms with Crippen LogP contribution in [0.2, 0.25) is 0 Å². The van der Waals surface area contributed by atoms with E-state index in [9.17, 15) is 4.79 Å². The summed E-state index contributed by atoms with van der Waals surface area (Å²) in [6.45, 7) is 5.79. The highest BCUT2D eigenvalue weighted by molar-refractivity contribution is 5.81. The maximum absolute atomic E-state index is 12.2. The fraction of sp³-hybridized carbons (Fsp3) is 0.562. The average molecular weight is 306 g/mol. The molecular formula is C16H22N2O4. The van der Waals surface area contributed by atoms with Gasteiger partial charge in [-0.1, -0.05) is 12.1 Å². The zero-order valence-corrected chi connectivity index (χ0v) is 12.8. The molecule has 1 amide bonds. The first-order valence-corrected chi connectivity index (χ1v) is 7.72. The number of benzene rings is 1. The van der Waals surface area contributed by atoms with Gasteiger partial charge in [0.1, 0.15) is 12.7 Å². The molecule has 0 aliphatic carbocycles. The lowest BCUT2D eigenvalue weighted by molar-refractivity contribution is -0.128. The molecule has 0 spiro atoms. The molecule has 2 heterocycles. The Bertz CT molecular complexity index is 517. The summed E-state index contributed by atoms with van der Waals surface area (Å²) < 4.78 is 16.8. The highest BCUT2D eigenvalue weighted by Crippen LogP contribution is 2.30. The average Bonchev–Trinajstić information content (AvgIpc) is 2.59. The number of amides is 1. The zero-order valence-electron chi connectivity index (χ0n) is 12.8. The maximum atomic E-state index is 12.2. The van der Waals surface area contributed by atoms with E-state index in [0.717, 1.165) is 24.6 Å². The summed E-state index contributed by atoms with van der Waals surface area (Å²) >= 11 is 0. The van der Waals surface area contributed by atoms with Crippen LogP contribution in [0.15, 0.2) is 24.3 Å². The van der Waals surface area contributed by atoms with Crippen molar-refractivity contribution in [2.45, 2.75) is 19.1 Å². The van der Waals surface area contributed by atoms with Gasteiger partial charge < -0.3 is 19.5 Å². The van der Waals surface area contributed by atoms with Crippen LogP contribution in [0.1, 0.15) is 6.92 Å². The van der Waals surface area contributed by atoms with E-state index in [1.54, 1.807) is 0 Å². The Morgan fingerprint density at radius 2 is 2.05 bits per heavy atom. The Kier molecular flexibility index (Phi) is 4.80. The van der Waals surface area contributed by atoms with Crippen LogP contribution in [0, 0.1) is 0 Å². The van der Waals surface area contributed by atoms with Crippen molar-refractivity contribution in [1.82, 2.24) is 10.2 Å². The van der Waals surface area contributed by atoms with Gasteiger partial charge in [0.2, 0.25) is 5.91 Å². The van der Waals surface area contributed by atoms with Crippen molar-refractivity contribution in [3.05, 3.63) is 24.3 Å². The van der Waals surface area contributed by atoms with E-state index in [0.29, 0.717) is 26.4 Å². The molecule has 1 aromatic rings. The second-order valence-electron chi connectivity index (χ2n) is 5.57. The number of morpholine rings is 1. The van der Waals surface area contributed by atoms with Crippen LogP contribution >= 0.6 is 0 Å². The maximum Gasteiger partial charge on any atom is 0.237 e. The number of fused-ring (bicyclic) bond motifs is 1. The molecule has 22 heavy (non-hydrogen) atoms. The molecule has 0 aromatic heterocycles. The van der Waals surface area contributed by atoms with Crippen molar-refractivity contribution < 1.29 is 19.0 Å². The van der Waals surface area contributed by atoms with Gasteiger partial charge in [0.05, 0.1) is 25.8 Å². The lowest BCUT2D eigenvalue weighted by Crippen LogP contribution is -2.51. The van der Waals surface area contributed by atoms with Crippen molar-refractivity contribution in [3.63, 3.8) is 0 Å². The summed E-state index contributed by atoms with van der Waals surface area (Å²) in [5.74, 6) is 1.50. The van der Waals surface area contributed by atoms with E-state index in [-0.39, 0.29) is 18.1 Å². The summed E-state index contributed by atoms with van der Waals surface area (Å²) in [4.78, 5) is 14.4. The van der Waals surface area contributed by atoms with Crippen LogP contribution in [-0.2, 0) is 9.53 Å². The lowest BCUT2D eigenvalue weighted by Gasteiger charge is -2.32.